The lowest BCUT2D eigenvalue weighted by molar-refractivity contribution is -0.137. The minimum Gasteiger partial charge on any atom is -0.336 e. The van der Waals surface area contributed by atoms with Gasteiger partial charge < -0.3 is 10.6 Å². The largest absolute Gasteiger partial charge is 0.416 e. The standard InChI is InChI=1S/C18H18ClF3N4O/c19-13-5-4-10(18(20,21)22)8-15(13)26-14-3-1-2-12(14)16(24-26)17(27)25-7-6-11(23)9-25/h4-5,8,11H,1-3,6-7,9,23H2/t11-/m1/s1. The van der Waals surface area contributed by atoms with Crippen molar-refractivity contribution < 1.29 is 18.0 Å². The quantitative estimate of drug-likeness (QED) is 0.844. The predicted octanol–water partition coefficient (Wildman–Crippen LogP) is 3.21. The van der Waals surface area contributed by atoms with Gasteiger partial charge in [0.05, 0.1) is 16.3 Å². The number of likely N-dealkylation sites (tertiary alicyclic amines) is 1. The summed E-state index contributed by atoms with van der Waals surface area (Å²) >= 11 is 6.18. The maximum Gasteiger partial charge on any atom is 0.416 e. The molecule has 0 unspecified atom stereocenters. The molecule has 0 saturated carbocycles. The first kappa shape index (κ1) is 18.3. The first-order valence-electron chi connectivity index (χ1n) is 8.78. The number of halogens is 4. The van der Waals surface area contributed by atoms with Gasteiger partial charge in [-0.2, -0.15) is 18.3 Å². The monoisotopic (exact) mass is 398 g/mol. The fourth-order valence-electron chi connectivity index (χ4n) is 3.78. The highest BCUT2D eigenvalue weighted by Crippen LogP contribution is 2.35. The van der Waals surface area contributed by atoms with Crippen molar-refractivity contribution in [3.05, 3.63) is 45.7 Å². The van der Waals surface area contributed by atoms with Crippen molar-refractivity contribution >= 4 is 17.5 Å². The van der Waals surface area contributed by atoms with Crippen molar-refractivity contribution in [1.82, 2.24) is 14.7 Å². The Morgan fingerprint density at radius 1 is 1.30 bits per heavy atom. The number of carbonyl (C=O) groups excluding carboxylic acids is 1. The highest BCUT2D eigenvalue weighted by molar-refractivity contribution is 6.32. The Hall–Kier alpha value is -2.06. The summed E-state index contributed by atoms with van der Waals surface area (Å²) in [4.78, 5) is 14.5. The van der Waals surface area contributed by atoms with E-state index in [9.17, 15) is 18.0 Å². The summed E-state index contributed by atoms with van der Waals surface area (Å²) in [6.07, 6.45) is -1.62. The third-order valence-electron chi connectivity index (χ3n) is 5.15. The van der Waals surface area contributed by atoms with Crippen molar-refractivity contribution in [1.29, 1.82) is 0 Å². The van der Waals surface area contributed by atoms with Gasteiger partial charge in [-0.3, -0.25) is 4.79 Å². The SMILES string of the molecule is N[C@@H]1CCN(C(=O)c2nn(-c3cc(C(F)(F)F)ccc3Cl)c3c2CCC3)C1. The van der Waals surface area contributed by atoms with Crippen molar-refractivity contribution in [3.63, 3.8) is 0 Å². The zero-order valence-electron chi connectivity index (χ0n) is 14.4. The Morgan fingerprint density at radius 2 is 2.07 bits per heavy atom. The minimum absolute atomic E-state index is 0.0537. The van der Waals surface area contributed by atoms with E-state index < -0.39 is 11.7 Å². The number of nitrogens with two attached hydrogens (primary N) is 1. The van der Waals surface area contributed by atoms with Gasteiger partial charge in [0, 0.05) is 30.4 Å². The third kappa shape index (κ3) is 3.21. The van der Waals surface area contributed by atoms with Gasteiger partial charge in [-0.05, 0) is 43.9 Å². The van der Waals surface area contributed by atoms with Crippen LogP contribution in [0.5, 0.6) is 0 Å². The van der Waals surface area contributed by atoms with Crippen LogP contribution in [-0.2, 0) is 19.0 Å². The van der Waals surface area contributed by atoms with E-state index in [0.29, 0.717) is 31.6 Å². The molecule has 1 fully saturated rings. The first-order valence-corrected chi connectivity index (χ1v) is 9.16. The van der Waals surface area contributed by atoms with Crippen LogP contribution in [-0.4, -0.2) is 39.7 Å². The number of hydrogen-bond donors (Lipinski definition) is 1. The van der Waals surface area contributed by atoms with E-state index in [1.54, 1.807) is 4.90 Å². The number of amides is 1. The van der Waals surface area contributed by atoms with Gasteiger partial charge in [-0.15, -0.1) is 0 Å². The Morgan fingerprint density at radius 3 is 2.74 bits per heavy atom. The fraction of sp³-hybridized carbons (Fsp3) is 0.444. The molecule has 1 saturated heterocycles. The van der Waals surface area contributed by atoms with Gasteiger partial charge in [0.2, 0.25) is 0 Å². The smallest absolute Gasteiger partial charge is 0.336 e. The topological polar surface area (TPSA) is 64.2 Å². The minimum atomic E-state index is -4.49. The van der Waals surface area contributed by atoms with E-state index in [4.69, 9.17) is 17.3 Å². The van der Waals surface area contributed by atoms with Crippen molar-refractivity contribution in [2.45, 2.75) is 37.9 Å². The first-order chi connectivity index (χ1) is 12.8. The summed E-state index contributed by atoms with van der Waals surface area (Å²) in [7, 11) is 0. The molecule has 0 radical (unpaired) electrons. The van der Waals surface area contributed by atoms with Crippen LogP contribution >= 0.6 is 11.6 Å². The Balaban J connectivity index is 1.79. The van der Waals surface area contributed by atoms with Crippen LogP contribution in [0.4, 0.5) is 13.2 Å². The summed E-state index contributed by atoms with van der Waals surface area (Å²) in [5.74, 6) is -0.219. The molecule has 4 rings (SSSR count). The molecule has 144 valence electrons. The average molecular weight is 399 g/mol. The van der Waals surface area contributed by atoms with E-state index in [1.165, 1.54) is 10.7 Å². The number of nitrogens with zero attached hydrogens (tertiary/aromatic N) is 3. The molecule has 27 heavy (non-hydrogen) atoms. The van der Waals surface area contributed by atoms with Gasteiger partial charge in [0.25, 0.3) is 5.91 Å². The molecule has 1 aromatic carbocycles. The van der Waals surface area contributed by atoms with E-state index in [0.717, 1.165) is 36.2 Å². The van der Waals surface area contributed by atoms with Crippen molar-refractivity contribution in [2.24, 2.45) is 5.73 Å². The predicted molar refractivity (Wildman–Crippen MR) is 94.1 cm³/mol. The normalized spacial score (nSPS) is 19.6. The van der Waals surface area contributed by atoms with Gasteiger partial charge in [0.15, 0.2) is 5.69 Å². The molecule has 2 aliphatic rings. The van der Waals surface area contributed by atoms with E-state index >= 15 is 0 Å². The van der Waals surface area contributed by atoms with Crippen LogP contribution in [0.15, 0.2) is 18.2 Å². The second kappa shape index (κ2) is 6.53. The van der Waals surface area contributed by atoms with E-state index in [-0.39, 0.29) is 22.7 Å². The summed E-state index contributed by atoms with van der Waals surface area (Å²) in [5.41, 5.74) is 7.07. The Kier molecular flexibility index (Phi) is 4.43. The number of aromatic nitrogens is 2. The summed E-state index contributed by atoms with van der Waals surface area (Å²) in [5, 5.41) is 4.54. The Labute approximate surface area is 158 Å². The van der Waals surface area contributed by atoms with E-state index in [2.05, 4.69) is 5.10 Å². The van der Waals surface area contributed by atoms with Crippen LogP contribution in [0.2, 0.25) is 5.02 Å². The van der Waals surface area contributed by atoms with Crippen LogP contribution in [0.25, 0.3) is 5.69 Å². The highest BCUT2D eigenvalue weighted by atomic mass is 35.5. The third-order valence-corrected chi connectivity index (χ3v) is 5.47. The van der Waals surface area contributed by atoms with Gasteiger partial charge in [-0.25, -0.2) is 4.68 Å². The molecule has 2 heterocycles. The van der Waals surface area contributed by atoms with Gasteiger partial charge >= 0.3 is 6.18 Å². The number of alkyl halides is 3. The molecular formula is C18H18ClF3N4O. The number of fused-ring (bicyclic) bond motifs is 1. The summed E-state index contributed by atoms with van der Waals surface area (Å²) < 4.78 is 40.8. The molecule has 1 aromatic heterocycles. The lowest BCUT2D eigenvalue weighted by Crippen LogP contribution is -2.32. The van der Waals surface area contributed by atoms with Crippen LogP contribution in [0.3, 0.4) is 0 Å². The van der Waals surface area contributed by atoms with Gasteiger partial charge in [0.1, 0.15) is 0 Å². The van der Waals surface area contributed by atoms with E-state index in [1.807, 2.05) is 0 Å². The lowest BCUT2D eigenvalue weighted by atomic mass is 10.1. The number of rotatable bonds is 2. The fourth-order valence-corrected chi connectivity index (χ4v) is 3.98. The number of hydrogen-bond acceptors (Lipinski definition) is 3. The molecule has 1 amide bonds. The molecule has 0 bridgehead atoms. The average Bonchev–Trinajstić information content (AvgIpc) is 3.30. The maximum absolute atomic E-state index is 13.1. The second-order valence-corrected chi connectivity index (χ2v) is 7.41. The Bertz CT molecular complexity index is 909. The molecule has 1 aliphatic heterocycles. The van der Waals surface area contributed by atoms with Crippen LogP contribution in [0, 0.1) is 0 Å². The second-order valence-electron chi connectivity index (χ2n) is 7.00. The molecule has 5 nitrogen and oxygen atoms in total. The lowest BCUT2D eigenvalue weighted by Gasteiger charge is -2.15. The zero-order chi connectivity index (χ0) is 19.3. The summed E-state index contributed by atoms with van der Waals surface area (Å²) in [6, 6.07) is 3.08. The van der Waals surface area contributed by atoms with Crippen LogP contribution < -0.4 is 5.73 Å². The molecule has 2 aromatic rings. The highest BCUT2D eigenvalue weighted by Gasteiger charge is 2.34. The molecular weight excluding hydrogens is 381 g/mol. The molecule has 9 heteroatoms. The zero-order valence-corrected chi connectivity index (χ0v) is 15.1. The number of carbonyl (C=O) groups is 1. The number of benzene rings is 1. The molecule has 1 atom stereocenters. The van der Waals surface area contributed by atoms with Crippen molar-refractivity contribution in [2.75, 3.05) is 13.1 Å². The van der Waals surface area contributed by atoms with Crippen LogP contribution in [0.1, 0.15) is 40.2 Å². The van der Waals surface area contributed by atoms with Crippen molar-refractivity contribution in [3.8, 4) is 5.69 Å². The summed E-state index contributed by atoms with van der Waals surface area (Å²) in [6.45, 7) is 1.02. The molecule has 1 aliphatic carbocycles. The molecule has 2 N–H and O–H groups in total. The molecule has 0 spiro atoms. The maximum atomic E-state index is 13.1. The van der Waals surface area contributed by atoms with Gasteiger partial charge in [-0.1, -0.05) is 11.6 Å².